The van der Waals surface area contributed by atoms with Crippen molar-refractivity contribution in [1.82, 2.24) is 0 Å². The smallest absolute Gasteiger partial charge is 0.251 e. The zero-order valence-corrected chi connectivity index (χ0v) is 13.8. The number of thiocarbonyl (C=S) groups is 1. The van der Waals surface area contributed by atoms with Gasteiger partial charge in [0.2, 0.25) is 0 Å². The van der Waals surface area contributed by atoms with Crippen molar-refractivity contribution in [2.24, 2.45) is 10.9 Å². The SMILES string of the molecule is CN=CC1C(=O)N(c2ccccc2)C(=S)N(c2ccccc2)C1=O. The van der Waals surface area contributed by atoms with Crippen LogP contribution >= 0.6 is 12.2 Å². The Morgan fingerprint density at radius 3 is 1.67 bits per heavy atom. The molecule has 0 aliphatic carbocycles. The largest absolute Gasteiger partial charge is 0.299 e. The van der Waals surface area contributed by atoms with Gasteiger partial charge in [0.25, 0.3) is 11.8 Å². The van der Waals surface area contributed by atoms with Crippen LogP contribution < -0.4 is 9.80 Å². The number of hydrogen-bond acceptors (Lipinski definition) is 4. The quantitative estimate of drug-likeness (QED) is 0.491. The number of carbonyl (C=O) groups excluding carboxylic acids is 2. The van der Waals surface area contributed by atoms with Crippen LogP contribution in [0.4, 0.5) is 11.4 Å². The lowest BCUT2D eigenvalue weighted by Crippen LogP contribution is -2.60. The van der Waals surface area contributed by atoms with Crippen molar-refractivity contribution in [1.29, 1.82) is 0 Å². The molecule has 6 heteroatoms. The van der Waals surface area contributed by atoms with E-state index >= 15 is 0 Å². The standard InChI is InChI=1S/C18H15N3O2S/c1-19-12-15-16(22)20(13-8-4-2-5-9-13)18(24)21(17(15)23)14-10-6-3-7-11-14/h2-12,15H,1H3. The third kappa shape index (κ3) is 2.72. The zero-order chi connectivity index (χ0) is 17.1. The first-order chi connectivity index (χ1) is 11.6. The van der Waals surface area contributed by atoms with Gasteiger partial charge >= 0.3 is 0 Å². The maximum Gasteiger partial charge on any atom is 0.251 e. The van der Waals surface area contributed by atoms with Crippen molar-refractivity contribution in [3.8, 4) is 0 Å². The Morgan fingerprint density at radius 1 is 0.875 bits per heavy atom. The van der Waals surface area contributed by atoms with Crippen LogP contribution in [0.2, 0.25) is 0 Å². The molecule has 0 unspecified atom stereocenters. The second kappa shape index (κ2) is 6.72. The molecule has 5 nitrogen and oxygen atoms in total. The fourth-order valence-corrected chi connectivity index (χ4v) is 2.97. The average molecular weight is 337 g/mol. The Bertz CT molecular complexity index is 744. The zero-order valence-electron chi connectivity index (χ0n) is 13.0. The Morgan fingerprint density at radius 2 is 1.29 bits per heavy atom. The molecule has 1 fully saturated rings. The van der Waals surface area contributed by atoms with E-state index in [1.165, 1.54) is 23.1 Å². The molecule has 0 bridgehead atoms. The van der Waals surface area contributed by atoms with Gasteiger partial charge in [-0.15, -0.1) is 0 Å². The molecule has 0 spiro atoms. The highest BCUT2D eigenvalue weighted by molar-refractivity contribution is 7.81. The molecule has 1 heterocycles. The van der Waals surface area contributed by atoms with Crippen molar-refractivity contribution in [3.63, 3.8) is 0 Å². The summed E-state index contributed by atoms with van der Waals surface area (Å²) in [6.07, 6.45) is 1.36. The fourth-order valence-electron chi connectivity index (χ4n) is 2.58. The van der Waals surface area contributed by atoms with E-state index in [0.29, 0.717) is 11.4 Å². The van der Waals surface area contributed by atoms with Crippen molar-refractivity contribution in [2.75, 3.05) is 16.8 Å². The first-order valence-corrected chi connectivity index (χ1v) is 7.80. The van der Waals surface area contributed by atoms with E-state index in [9.17, 15) is 9.59 Å². The third-order valence-electron chi connectivity index (χ3n) is 3.68. The van der Waals surface area contributed by atoms with Gasteiger partial charge in [0.1, 0.15) is 0 Å². The van der Waals surface area contributed by atoms with Crippen molar-refractivity contribution >= 4 is 46.7 Å². The molecule has 1 saturated heterocycles. The number of carbonyl (C=O) groups is 2. The molecule has 2 amide bonds. The van der Waals surface area contributed by atoms with Gasteiger partial charge in [0, 0.05) is 13.3 Å². The topological polar surface area (TPSA) is 53.0 Å². The highest BCUT2D eigenvalue weighted by atomic mass is 32.1. The number of anilines is 2. The van der Waals surface area contributed by atoms with E-state index in [2.05, 4.69) is 4.99 Å². The number of rotatable bonds is 3. The summed E-state index contributed by atoms with van der Waals surface area (Å²) in [5, 5.41) is 0.142. The lowest BCUT2D eigenvalue weighted by molar-refractivity contribution is -0.129. The van der Waals surface area contributed by atoms with E-state index in [1.54, 1.807) is 24.3 Å². The average Bonchev–Trinajstić information content (AvgIpc) is 2.61. The molecule has 0 N–H and O–H groups in total. The second-order valence-electron chi connectivity index (χ2n) is 5.19. The molecule has 2 aromatic rings. The number of hydrogen-bond donors (Lipinski definition) is 0. The fraction of sp³-hybridized carbons (Fsp3) is 0.111. The van der Waals surface area contributed by atoms with Gasteiger partial charge in [0.15, 0.2) is 11.0 Å². The first kappa shape index (κ1) is 16.0. The van der Waals surface area contributed by atoms with Crippen LogP contribution in [0, 0.1) is 5.92 Å². The lowest BCUT2D eigenvalue weighted by Gasteiger charge is -2.38. The minimum absolute atomic E-state index is 0.142. The number of amides is 2. The predicted octanol–water partition coefficient (Wildman–Crippen LogP) is 2.67. The second-order valence-corrected chi connectivity index (χ2v) is 5.55. The van der Waals surface area contributed by atoms with Crippen molar-refractivity contribution in [2.45, 2.75) is 0 Å². The molecule has 2 aromatic carbocycles. The molecule has 0 aromatic heterocycles. The number of benzene rings is 2. The molecule has 0 radical (unpaired) electrons. The molecule has 3 rings (SSSR count). The van der Waals surface area contributed by atoms with Gasteiger partial charge in [-0.1, -0.05) is 36.4 Å². The number of para-hydroxylation sites is 2. The number of nitrogens with zero attached hydrogens (tertiary/aromatic N) is 3. The molecule has 0 saturated carbocycles. The van der Waals surface area contributed by atoms with Crippen LogP contribution in [-0.4, -0.2) is 30.2 Å². The highest BCUT2D eigenvalue weighted by Gasteiger charge is 2.44. The van der Waals surface area contributed by atoms with Crippen LogP contribution in [0.1, 0.15) is 0 Å². The Balaban J connectivity index is 2.11. The van der Waals surface area contributed by atoms with E-state index < -0.39 is 17.7 Å². The highest BCUT2D eigenvalue weighted by Crippen LogP contribution is 2.28. The Kier molecular flexibility index (Phi) is 4.48. The molecule has 1 aliphatic rings. The van der Waals surface area contributed by atoms with Gasteiger partial charge in [0.05, 0.1) is 11.4 Å². The Labute approximate surface area is 145 Å². The van der Waals surface area contributed by atoms with E-state index in [0.717, 1.165) is 0 Å². The lowest BCUT2D eigenvalue weighted by atomic mass is 10.0. The van der Waals surface area contributed by atoms with Crippen LogP contribution in [0.15, 0.2) is 65.7 Å². The van der Waals surface area contributed by atoms with Crippen LogP contribution in [-0.2, 0) is 9.59 Å². The van der Waals surface area contributed by atoms with E-state index in [1.807, 2.05) is 36.4 Å². The maximum atomic E-state index is 12.8. The van der Waals surface area contributed by atoms with Crippen LogP contribution in [0.3, 0.4) is 0 Å². The van der Waals surface area contributed by atoms with E-state index in [-0.39, 0.29) is 5.11 Å². The minimum atomic E-state index is -0.998. The monoisotopic (exact) mass is 337 g/mol. The molecular formula is C18H15N3O2S. The van der Waals surface area contributed by atoms with Gasteiger partial charge in [-0.2, -0.15) is 0 Å². The summed E-state index contributed by atoms with van der Waals surface area (Å²) in [5.74, 6) is -1.79. The summed E-state index contributed by atoms with van der Waals surface area (Å²) in [6.45, 7) is 0. The molecular weight excluding hydrogens is 322 g/mol. The normalized spacial score (nSPS) is 16.3. The van der Waals surface area contributed by atoms with Gasteiger partial charge < -0.3 is 0 Å². The van der Waals surface area contributed by atoms with Gasteiger partial charge in [-0.25, -0.2) is 0 Å². The molecule has 24 heavy (non-hydrogen) atoms. The van der Waals surface area contributed by atoms with Gasteiger partial charge in [-0.05, 0) is 36.5 Å². The summed E-state index contributed by atoms with van der Waals surface area (Å²) in [5.41, 5.74) is 1.24. The van der Waals surface area contributed by atoms with Crippen LogP contribution in [0.25, 0.3) is 0 Å². The van der Waals surface area contributed by atoms with Crippen molar-refractivity contribution < 1.29 is 9.59 Å². The summed E-state index contributed by atoms with van der Waals surface area (Å²) in [6, 6.07) is 18.1. The summed E-state index contributed by atoms with van der Waals surface area (Å²) in [7, 11) is 1.53. The third-order valence-corrected chi connectivity index (χ3v) is 4.05. The first-order valence-electron chi connectivity index (χ1n) is 7.39. The molecule has 120 valence electrons. The van der Waals surface area contributed by atoms with E-state index in [4.69, 9.17) is 12.2 Å². The summed E-state index contributed by atoms with van der Waals surface area (Å²) < 4.78 is 0. The van der Waals surface area contributed by atoms with Gasteiger partial charge in [-0.3, -0.25) is 24.4 Å². The molecule has 0 atom stereocenters. The minimum Gasteiger partial charge on any atom is -0.299 e. The Hall–Kier alpha value is -2.86. The summed E-state index contributed by atoms with van der Waals surface area (Å²) in [4.78, 5) is 32.3. The van der Waals surface area contributed by atoms with Crippen molar-refractivity contribution in [3.05, 3.63) is 60.7 Å². The maximum absolute atomic E-state index is 12.8. The summed E-state index contributed by atoms with van der Waals surface area (Å²) >= 11 is 5.47. The molecule has 1 aliphatic heterocycles. The van der Waals surface area contributed by atoms with Crippen LogP contribution in [0.5, 0.6) is 0 Å². The number of aliphatic imine (C=N–C) groups is 1. The predicted molar refractivity (Wildman–Crippen MR) is 98.4 cm³/mol.